The van der Waals surface area contributed by atoms with Gasteiger partial charge in [-0.1, -0.05) is 48.0 Å². The predicted octanol–water partition coefficient (Wildman–Crippen LogP) is 3.35. The van der Waals surface area contributed by atoms with Crippen LogP contribution in [0, 0.1) is 6.92 Å². The molecule has 2 rings (SSSR count). The molecule has 0 radical (unpaired) electrons. The Hall–Kier alpha value is -1.80. The van der Waals surface area contributed by atoms with Crippen LogP contribution in [-0.2, 0) is 6.54 Å². The van der Waals surface area contributed by atoms with Crippen molar-refractivity contribution >= 4 is 5.69 Å². The van der Waals surface area contributed by atoms with E-state index in [4.69, 9.17) is 5.73 Å². The van der Waals surface area contributed by atoms with Gasteiger partial charge in [0.25, 0.3) is 0 Å². The summed E-state index contributed by atoms with van der Waals surface area (Å²) < 4.78 is 0. The number of aryl methyl sites for hydroxylation is 1. The lowest BCUT2D eigenvalue weighted by atomic mass is 10.1. The highest BCUT2D eigenvalue weighted by molar-refractivity contribution is 5.46. The van der Waals surface area contributed by atoms with Crippen molar-refractivity contribution < 1.29 is 0 Å². The summed E-state index contributed by atoms with van der Waals surface area (Å²) in [5, 5.41) is 0. The number of nitrogens with zero attached hydrogens (tertiary/aromatic N) is 1. The number of hydrogen-bond donors (Lipinski definition) is 1. The van der Waals surface area contributed by atoms with E-state index in [0.29, 0.717) is 0 Å². The fraction of sp³-hybridized carbons (Fsp3) is 0.294. The molecule has 100 valence electrons. The number of hydrogen-bond acceptors (Lipinski definition) is 2. The summed E-state index contributed by atoms with van der Waals surface area (Å²) in [6.45, 7) is 4.80. The maximum atomic E-state index is 5.65. The minimum absolute atomic E-state index is 0.733. The molecule has 0 heterocycles. The van der Waals surface area contributed by atoms with Crippen LogP contribution in [0.4, 0.5) is 5.69 Å². The average Bonchev–Trinajstić information content (AvgIpc) is 2.44. The molecule has 0 saturated heterocycles. The van der Waals surface area contributed by atoms with Crippen LogP contribution in [0.3, 0.4) is 0 Å². The lowest BCUT2D eigenvalue weighted by molar-refractivity contribution is 0.735. The van der Waals surface area contributed by atoms with Crippen molar-refractivity contribution in [2.45, 2.75) is 19.9 Å². The highest BCUT2D eigenvalue weighted by atomic mass is 15.1. The summed E-state index contributed by atoms with van der Waals surface area (Å²) in [6.07, 6.45) is 1.01. The molecule has 19 heavy (non-hydrogen) atoms. The lowest BCUT2D eigenvalue weighted by Gasteiger charge is -2.25. The van der Waals surface area contributed by atoms with Crippen LogP contribution in [0.15, 0.2) is 54.6 Å². The Morgan fingerprint density at radius 3 is 2.47 bits per heavy atom. The highest BCUT2D eigenvalue weighted by Crippen LogP contribution is 2.17. The molecule has 0 aliphatic carbocycles. The molecule has 0 atom stereocenters. The molecule has 2 aromatic rings. The molecule has 2 nitrogen and oxygen atoms in total. The first-order valence-electron chi connectivity index (χ1n) is 6.85. The van der Waals surface area contributed by atoms with E-state index in [0.717, 1.165) is 26.1 Å². The Bertz CT molecular complexity index is 494. The second-order valence-electron chi connectivity index (χ2n) is 4.89. The molecule has 0 aromatic heterocycles. The highest BCUT2D eigenvalue weighted by Gasteiger charge is 2.06. The molecule has 2 N–H and O–H groups in total. The first-order chi connectivity index (χ1) is 9.29. The van der Waals surface area contributed by atoms with Crippen LogP contribution < -0.4 is 10.6 Å². The van der Waals surface area contributed by atoms with E-state index in [9.17, 15) is 0 Å². The van der Waals surface area contributed by atoms with Crippen molar-refractivity contribution in [1.82, 2.24) is 0 Å². The normalized spacial score (nSPS) is 10.4. The standard InChI is InChI=1S/C17H22N2/c1-15-7-5-8-16(13-15)14-19(12-6-11-18)17-9-3-2-4-10-17/h2-5,7-10,13H,6,11-12,14,18H2,1H3. The number of para-hydroxylation sites is 1. The van der Waals surface area contributed by atoms with Crippen molar-refractivity contribution in [3.05, 3.63) is 65.7 Å². The minimum atomic E-state index is 0.733. The summed E-state index contributed by atoms with van der Waals surface area (Å²) in [4.78, 5) is 2.39. The van der Waals surface area contributed by atoms with Gasteiger partial charge in [-0.25, -0.2) is 0 Å². The van der Waals surface area contributed by atoms with Gasteiger partial charge in [-0.3, -0.25) is 0 Å². The summed E-state index contributed by atoms with van der Waals surface area (Å²) >= 11 is 0. The minimum Gasteiger partial charge on any atom is -0.367 e. The van der Waals surface area contributed by atoms with E-state index in [1.165, 1.54) is 16.8 Å². The van der Waals surface area contributed by atoms with Crippen molar-refractivity contribution in [3.8, 4) is 0 Å². The first-order valence-corrected chi connectivity index (χ1v) is 6.85. The van der Waals surface area contributed by atoms with Gasteiger partial charge < -0.3 is 10.6 Å². The topological polar surface area (TPSA) is 29.3 Å². The van der Waals surface area contributed by atoms with Gasteiger partial charge in [0.15, 0.2) is 0 Å². The third-order valence-corrected chi connectivity index (χ3v) is 3.21. The summed E-state index contributed by atoms with van der Waals surface area (Å²) in [7, 11) is 0. The molecule has 0 aliphatic rings. The Kier molecular flexibility index (Phi) is 4.99. The molecule has 2 heteroatoms. The zero-order chi connectivity index (χ0) is 13.5. The van der Waals surface area contributed by atoms with Crippen molar-refractivity contribution in [3.63, 3.8) is 0 Å². The molecular formula is C17H22N2. The van der Waals surface area contributed by atoms with Gasteiger partial charge in [0.2, 0.25) is 0 Å². The number of nitrogens with two attached hydrogens (primary N) is 1. The Morgan fingerprint density at radius 1 is 1.00 bits per heavy atom. The zero-order valence-electron chi connectivity index (χ0n) is 11.5. The lowest BCUT2D eigenvalue weighted by Crippen LogP contribution is -2.25. The third-order valence-electron chi connectivity index (χ3n) is 3.21. The van der Waals surface area contributed by atoms with Gasteiger partial charge in [-0.05, 0) is 37.6 Å². The van der Waals surface area contributed by atoms with E-state index in [2.05, 4.69) is 66.4 Å². The monoisotopic (exact) mass is 254 g/mol. The van der Waals surface area contributed by atoms with Gasteiger partial charge in [0, 0.05) is 18.8 Å². The Labute approximate surface area is 115 Å². The fourth-order valence-electron chi connectivity index (χ4n) is 2.25. The largest absolute Gasteiger partial charge is 0.367 e. The Balaban J connectivity index is 2.14. The number of benzene rings is 2. The molecule has 0 spiro atoms. The maximum Gasteiger partial charge on any atom is 0.0429 e. The average molecular weight is 254 g/mol. The molecule has 0 saturated carbocycles. The van der Waals surface area contributed by atoms with Crippen molar-refractivity contribution in [2.24, 2.45) is 5.73 Å². The van der Waals surface area contributed by atoms with Crippen LogP contribution >= 0.6 is 0 Å². The second kappa shape index (κ2) is 6.95. The van der Waals surface area contributed by atoms with Crippen LogP contribution in [0.5, 0.6) is 0 Å². The number of anilines is 1. The van der Waals surface area contributed by atoms with E-state index in [1.807, 2.05) is 0 Å². The Morgan fingerprint density at radius 2 is 1.79 bits per heavy atom. The summed E-state index contributed by atoms with van der Waals surface area (Å²) in [5.74, 6) is 0. The van der Waals surface area contributed by atoms with Gasteiger partial charge in [0.05, 0.1) is 0 Å². The molecule has 0 unspecified atom stereocenters. The second-order valence-corrected chi connectivity index (χ2v) is 4.89. The molecule has 0 amide bonds. The fourth-order valence-corrected chi connectivity index (χ4v) is 2.25. The quantitative estimate of drug-likeness (QED) is 0.856. The smallest absolute Gasteiger partial charge is 0.0429 e. The van der Waals surface area contributed by atoms with Crippen LogP contribution in [-0.4, -0.2) is 13.1 Å². The van der Waals surface area contributed by atoms with Crippen molar-refractivity contribution in [2.75, 3.05) is 18.0 Å². The summed E-state index contributed by atoms with van der Waals surface area (Å²) in [6, 6.07) is 19.2. The molecule has 2 aromatic carbocycles. The van der Waals surface area contributed by atoms with Crippen LogP contribution in [0.2, 0.25) is 0 Å². The van der Waals surface area contributed by atoms with Crippen molar-refractivity contribution in [1.29, 1.82) is 0 Å². The third kappa shape index (κ3) is 4.11. The van der Waals surface area contributed by atoms with Gasteiger partial charge in [-0.2, -0.15) is 0 Å². The van der Waals surface area contributed by atoms with Gasteiger partial charge in [0.1, 0.15) is 0 Å². The molecule has 0 fully saturated rings. The van der Waals surface area contributed by atoms with Gasteiger partial charge >= 0.3 is 0 Å². The molecule has 0 bridgehead atoms. The van der Waals surface area contributed by atoms with E-state index < -0.39 is 0 Å². The molecular weight excluding hydrogens is 232 g/mol. The first kappa shape index (κ1) is 13.6. The van der Waals surface area contributed by atoms with Crippen LogP contribution in [0.25, 0.3) is 0 Å². The van der Waals surface area contributed by atoms with E-state index >= 15 is 0 Å². The maximum absolute atomic E-state index is 5.65. The SMILES string of the molecule is Cc1cccc(CN(CCCN)c2ccccc2)c1. The van der Waals surface area contributed by atoms with Crippen LogP contribution in [0.1, 0.15) is 17.5 Å². The predicted molar refractivity (Wildman–Crippen MR) is 82.3 cm³/mol. The summed E-state index contributed by atoms with van der Waals surface area (Å²) in [5.41, 5.74) is 9.56. The van der Waals surface area contributed by atoms with Gasteiger partial charge in [-0.15, -0.1) is 0 Å². The zero-order valence-corrected chi connectivity index (χ0v) is 11.5. The number of rotatable bonds is 6. The molecule has 0 aliphatic heterocycles. The van der Waals surface area contributed by atoms with E-state index in [-0.39, 0.29) is 0 Å². The van der Waals surface area contributed by atoms with E-state index in [1.54, 1.807) is 0 Å².